The summed E-state index contributed by atoms with van der Waals surface area (Å²) in [6.07, 6.45) is 8.98. The van der Waals surface area contributed by atoms with Gasteiger partial charge in [0.15, 0.2) is 5.13 Å². The molecule has 19 heavy (non-hydrogen) atoms. The molecule has 3 rings (SSSR count). The number of hydrogen-bond donors (Lipinski definition) is 1. The molecule has 0 atom stereocenters. The number of thiazole rings is 1. The largest absolute Gasteiger partial charge is 0.362 e. The molecule has 2 heterocycles. The van der Waals surface area contributed by atoms with Crippen molar-refractivity contribution in [2.24, 2.45) is 0 Å². The minimum Gasteiger partial charge on any atom is -0.362 e. The van der Waals surface area contributed by atoms with Gasteiger partial charge in [0, 0.05) is 36.1 Å². The van der Waals surface area contributed by atoms with Crippen molar-refractivity contribution in [3.63, 3.8) is 0 Å². The van der Waals surface area contributed by atoms with Crippen molar-refractivity contribution < 1.29 is 0 Å². The second kappa shape index (κ2) is 5.21. The van der Waals surface area contributed by atoms with Crippen LogP contribution in [0.15, 0.2) is 23.4 Å². The second-order valence-corrected chi connectivity index (χ2v) is 6.02. The molecular weight excluding hydrogens is 260 g/mol. The minimum absolute atomic E-state index is 0.0963. The van der Waals surface area contributed by atoms with E-state index in [1.807, 2.05) is 23.2 Å². The Bertz CT molecular complexity index is 608. The van der Waals surface area contributed by atoms with E-state index in [0.717, 1.165) is 35.8 Å². The fraction of sp³-hybridized carbons (Fsp3) is 0.538. The van der Waals surface area contributed by atoms with Crippen LogP contribution in [0.3, 0.4) is 0 Å². The number of nitrogens with one attached hydrogen (secondary N) is 1. The number of anilines is 1. The van der Waals surface area contributed by atoms with Crippen LogP contribution in [-0.2, 0) is 6.54 Å². The lowest BCUT2D eigenvalue weighted by Crippen LogP contribution is -2.23. The number of hydrogen-bond acceptors (Lipinski definition) is 4. The van der Waals surface area contributed by atoms with Gasteiger partial charge in [0.1, 0.15) is 0 Å². The molecule has 0 aliphatic heterocycles. The third-order valence-corrected chi connectivity index (χ3v) is 4.16. The molecule has 1 N–H and O–H groups in total. The summed E-state index contributed by atoms with van der Waals surface area (Å²) in [4.78, 5) is 17.6. The van der Waals surface area contributed by atoms with Gasteiger partial charge in [-0.3, -0.25) is 9.13 Å². The zero-order valence-corrected chi connectivity index (χ0v) is 11.8. The Hall–Kier alpha value is -1.56. The Morgan fingerprint density at radius 2 is 2.32 bits per heavy atom. The van der Waals surface area contributed by atoms with E-state index in [-0.39, 0.29) is 5.69 Å². The van der Waals surface area contributed by atoms with Gasteiger partial charge in [-0.25, -0.2) is 9.78 Å². The van der Waals surface area contributed by atoms with Gasteiger partial charge in [0.2, 0.25) is 0 Å². The second-order valence-electron chi connectivity index (χ2n) is 4.91. The molecular formula is C13H18N4OS. The molecule has 1 saturated carbocycles. The smallest absolute Gasteiger partial charge is 0.328 e. The summed E-state index contributed by atoms with van der Waals surface area (Å²) in [6.45, 7) is 3.68. The molecule has 1 aliphatic rings. The maximum Gasteiger partial charge on any atom is 0.328 e. The standard InChI is InChI=1S/C13H18N4OS/c1-2-5-14-12-15-8-11(19-12)9-16-6-7-17(13(16)18)10-3-4-10/h6-8,10H,2-5,9H2,1H3,(H,14,15). The van der Waals surface area contributed by atoms with Gasteiger partial charge in [0.25, 0.3) is 0 Å². The van der Waals surface area contributed by atoms with Crippen LogP contribution in [0.25, 0.3) is 0 Å². The van der Waals surface area contributed by atoms with Crippen LogP contribution in [0, 0.1) is 0 Å². The van der Waals surface area contributed by atoms with E-state index in [4.69, 9.17) is 0 Å². The quantitative estimate of drug-likeness (QED) is 0.882. The van der Waals surface area contributed by atoms with Crippen molar-refractivity contribution in [3.8, 4) is 0 Å². The summed E-state index contributed by atoms with van der Waals surface area (Å²) in [7, 11) is 0. The van der Waals surface area contributed by atoms with Crippen LogP contribution < -0.4 is 11.0 Å². The number of rotatable bonds is 6. The van der Waals surface area contributed by atoms with Crippen molar-refractivity contribution in [3.05, 3.63) is 34.0 Å². The molecule has 102 valence electrons. The number of imidazole rings is 1. The van der Waals surface area contributed by atoms with Gasteiger partial charge in [-0.1, -0.05) is 6.92 Å². The lowest BCUT2D eigenvalue weighted by Gasteiger charge is -1.99. The molecule has 0 aromatic carbocycles. The molecule has 0 unspecified atom stereocenters. The lowest BCUT2D eigenvalue weighted by molar-refractivity contribution is 0.658. The van der Waals surface area contributed by atoms with Crippen LogP contribution in [0.5, 0.6) is 0 Å². The van der Waals surface area contributed by atoms with Crippen LogP contribution >= 0.6 is 11.3 Å². The molecule has 6 heteroatoms. The highest BCUT2D eigenvalue weighted by atomic mass is 32.1. The number of nitrogens with zero attached hydrogens (tertiary/aromatic N) is 3. The van der Waals surface area contributed by atoms with Crippen molar-refractivity contribution in [2.45, 2.75) is 38.8 Å². The molecule has 5 nitrogen and oxygen atoms in total. The average molecular weight is 278 g/mol. The monoisotopic (exact) mass is 278 g/mol. The van der Waals surface area contributed by atoms with E-state index in [1.165, 1.54) is 0 Å². The Labute approximate surface area is 115 Å². The van der Waals surface area contributed by atoms with Gasteiger partial charge in [-0.2, -0.15) is 0 Å². The Kier molecular flexibility index (Phi) is 3.42. The highest BCUT2D eigenvalue weighted by Gasteiger charge is 2.25. The summed E-state index contributed by atoms with van der Waals surface area (Å²) < 4.78 is 3.60. The van der Waals surface area contributed by atoms with E-state index in [1.54, 1.807) is 15.9 Å². The first kappa shape index (κ1) is 12.5. The minimum atomic E-state index is 0.0963. The maximum absolute atomic E-state index is 12.1. The molecule has 0 amide bonds. The Morgan fingerprint density at radius 1 is 1.47 bits per heavy atom. The zero-order valence-electron chi connectivity index (χ0n) is 11.0. The maximum atomic E-state index is 12.1. The lowest BCUT2D eigenvalue weighted by atomic mass is 10.5. The van der Waals surface area contributed by atoms with E-state index < -0.39 is 0 Å². The first-order valence-corrected chi connectivity index (χ1v) is 7.55. The normalized spacial score (nSPS) is 14.8. The van der Waals surface area contributed by atoms with Crippen molar-refractivity contribution in [2.75, 3.05) is 11.9 Å². The predicted molar refractivity (Wildman–Crippen MR) is 77.0 cm³/mol. The summed E-state index contributed by atoms with van der Waals surface area (Å²) in [5.41, 5.74) is 0.0963. The molecule has 0 saturated heterocycles. The molecule has 2 aromatic rings. The third-order valence-electron chi connectivity index (χ3n) is 3.22. The predicted octanol–water partition coefficient (Wildman–Crippen LogP) is 2.31. The highest BCUT2D eigenvalue weighted by Crippen LogP contribution is 2.33. The first-order chi connectivity index (χ1) is 9.28. The summed E-state index contributed by atoms with van der Waals surface area (Å²) in [5.74, 6) is 0. The van der Waals surface area contributed by atoms with Crippen molar-refractivity contribution in [1.29, 1.82) is 0 Å². The average Bonchev–Trinajstić information content (AvgIpc) is 3.05. The molecule has 2 aromatic heterocycles. The van der Waals surface area contributed by atoms with Crippen LogP contribution in [0.2, 0.25) is 0 Å². The van der Waals surface area contributed by atoms with Gasteiger partial charge in [-0.05, 0) is 19.3 Å². The highest BCUT2D eigenvalue weighted by molar-refractivity contribution is 7.15. The van der Waals surface area contributed by atoms with E-state index in [0.29, 0.717) is 12.6 Å². The van der Waals surface area contributed by atoms with E-state index >= 15 is 0 Å². The summed E-state index contributed by atoms with van der Waals surface area (Å²) in [6, 6.07) is 0.442. The SMILES string of the molecule is CCCNc1ncc(Cn2ccn(C3CC3)c2=O)s1. The van der Waals surface area contributed by atoms with Crippen LogP contribution in [0.1, 0.15) is 37.1 Å². The third kappa shape index (κ3) is 2.73. The van der Waals surface area contributed by atoms with Crippen molar-refractivity contribution >= 4 is 16.5 Å². The van der Waals surface area contributed by atoms with E-state index in [9.17, 15) is 4.79 Å². The molecule has 1 fully saturated rings. The van der Waals surface area contributed by atoms with Gasteiger partial charge in [-0.15, -0.1) is 11.3 Å². The van der Waals surface area contributed by atoms with Crippen LogP contribution in [0.4, 0.5) is 5.13 Å². The summed E-state index contributed by atoms with van der Waals surface area (Å²) in [5, 5.41) is 4.20. The first-order valence-electron chi connectivity index (χ1n) is 6.73. The van der Waals surface area contributed by atoms with Gasteiger partial charge in [0.05, 0.1) is 6.54 Å². The number of aromatic nitrogens is 3. The van der Waals surface area contributed by atoms with Gasteiger partial charge >= 0.3 is 5.69 Å². The fourth-order valence-electron chi connectivity index (χ4n) is 2.04. The Balaban J connectivity index is 1.70. The van der Waals surface area contributed by atoms with Gasteiger partial charge < -0.3 is 5.32 Å². The fourth-order valence-corrected chi connectivity index (χ4v) is 2.88. The Morgan fingerprint density at radius 3 is 3.05 bits per heavy atom. The molecule has 0 spiro atoms. The molecule has 0 bridgehead atoms. The molecule has 0 radical (unpaired) electrons. The summed E-state index contributed by atoms with van der Waals surface area (Å²) >= 11 is 1.62. The topological polar surface area (TPSA) is 51.9 Å². The molecule has 1 aliphatic carbocycles. The van der Waals surface area contributed by atoms with Crippen LogP contribution in [-0.4, -0.2) is 20.7 Å². The van der Waals surface area contributed by atoms with Crippen molar-refractivity contribution in [1.82, 2.24) is 14.1 Å². The zero-order chi connectivity index (χ0) is 13.2. The van der Waals surface area contributed by atoms with E-state index in [2.05, 4.69) is 17.2 Å².